The van der Waals surface area contributed by atoms with E-state index in [0.717, 1.165) is 16.3 Å². The molecular formula is C23H17N3O4. The minimum absolute atomic E-state index is 0.0148. The molecule has 0 aliphatic rings. The van der Waals surface area contributed by atoms with Crippen molar-refractivity contribution in [3.8, 4) is 11.3 Å². The van der Waals surface area contributed by atoms with Crippen LogP contribution < -0.4 is 5.43 Å². The first-order chi connectivity index (χ1) is 14.6. The van der Waals surface area contributed by atoms with E-state index in [1.54, 1.807) is 24.3 Å². The number of carbonyl (C=O) groups excluding carboxylic acids is 1. The van der Waals surface area contributed by atoms with E-state index in [1.165, 1.54) is 18.3 Å². The number of non-ortho nitro benzene ring substituents is 1. The predicted octanol–water partition coefficient (Wildman–Crippen LogP) is 4.70. The average Bonchev–Trinajstić information content (AvgIpc) is 3.23. The molecule has 1 aromatic heterocycles. The Hall–Kier alpha value is -4.26. The van der Waals surface area contributed by atoms with Crippen molar-refractivity contribution in [2.45, 2.75) is 6.42 Å². The molecule has 4 rings (SSSR count). The lowest BCUT2D eigenvalue weighted by Gasteiger charge is -2.05. The molecule has 3 aromatic carbocycles. The molecule has 0 saturated carbocycles. The van der Waals surface area contributed by atoms with Gasteiger partial charge >= 0.3 is 0 Å². The van der Waals surface area contributed by atoms with Gasteiger partial charge in [-0.15, -0.1) is 0 Å². The molecule has 1 amide bonds. The third-order valence-electron chi connectivity index (χ3n) is 4.60. The Labute approximate surface area is 171 Å². The van der Waals surface area contributed by atoms with Gasteiger partial charge in [-0.3, -0.25) is 14.9 Å². The molecule has 0 radical (unpaired) electrons. The summed E-state index contributed by atoms with van der Waals surface area (Å²) in [5.41, 5.74) is 4.16. The van der Waals surface area contributed by atoms with Crippen LogP contribution in [-0.2, 0) is 11.2 Å². The second-order valence-corrected chi connectivity index (χ2v) is 6.61. The van der Waals surface area contributed by atoms with Crippen molar-refractivity contribution in [1.82, 2.24) is 5.43 Å². The van der Waals surface area contributed by atoms with E-state index in [2.05, 4.69) is 10.5 Å². The monoisotopic (exact) mass is 399 g/mol. The van der Waals surface area contributed by atoms with Crippen molar-refractivity contribution in [2.24, 2.45) is 5.10 Å². The van der Waals surface area contributed by atoms with Gasteiger partial charge in [0.25, 0.3) is 5.69 Å². The molecule has 1 heterocycles. The van der Waals surface area contributed by atoms with Crippen LogP contribution in [0.15, 0.2) is 88.4 Å². The van der Waals surface area contributed by atoms with Gasteiger partial charge in [0.1, 0.15) is 11.5 Å². The summed E-state index contributed by atoms with van der Waals surface area (Å²) in [6.07, 6.45) is 1.63. The molecule has 0 aliphatic heterocycles. The lowest BCUT2D eigenvalue weighted by Crippen LogP contribution is -2.19. The topological polar surface area (TPSA) is 97.7 Å². The maximum absolute atomic E-state index is 12.2. The standard InChI is InChI=1S/C23H17N3O4/c27-23(14-18-6-3-5-16-4-1-2-7-21(16)18)25-24-15-20-12-13-22(30-20)17-8-10-19(11-9-17)26(28)29/h1-13,15H,14H2,(H,25,27)/b24-15+. The van der Waals surface area contributed by atoms with Gasteiger partial charge in [0.2, 0.25) is 5.91 Å². The van der Waals surface area contributed by atoms with Gasteiger partial charge in [-0.25, -0.2) is 5.43 Å². The minimum Gasteiger partial charge on any atom is -0.455 e. The van der Waals surface area contributed by atoms with Gasteiger partial charge in [0.15, 0.2) is 0 Å². The maximum atomic E-state index is 12.2. The normalized spacial score (nSPS) is 11.1. The zero-order valence-corrected chi connectivity index (χ0v) is 15.8. The Morgan fingerprint density at radius 2 is 1.77 bits per heavy atom. The SMILES string of the molecule is O=C(Cc1cccc2ccccc12)N/N=C/c1ccc(-c2ccc([N+](=O)[O-])cc2)o1. The summed E-state index contributed by atoms with van der Waals surface area (Å²) in [6.45, 7) is 0. The number of hydrogen-bond acceptors (Lipinski definition) is 5. The van der Waals surface area contributed by atoms with Crippen molar-refractivity contribution in [3.63, 3.8) is 0 Å². The van der Waals surface area contributed by atoms with E-state index in [9.17, 15) is 14.9 Å². The van der Waals surface area contributed by atoms with Crippen molar-refractivity contribution >= 4 is 28.6 Å². The molecule has 0 bridgehead atoms. The highest BCUT2D eigenvalue weighted by Gasteiger charge is 2.09. The number of rotatable bonds is 6. The minimum atomic E-state index is -0.453. The number of hydrazone groups is 1. The fourth-order valence-electron chi connectivity index (χ4n) is 3.15. The largest absolute Gasteiger partial charge is 0.455 e. The summed E-state index contributed by atoms with van der Waals surface area (Å²) in [4.78, 5) is 22.5. The van der Waals surface area contributed by atoms with Crippen LogP contribution in [0.25, 0.3) is 22.1 Å². The molecule has 148 valence electrons. The Kier molecular flexibility index (Phi) is 5.34. The quantitative estimate of drug-likeness (QED) is 0.289. The van der Waals surface area contributed by atoms with Crippen LogP contribution in [0.2, 0.25) is 0 Å². The van der Waals surface area contributed by atoms with Crippen molar-refractivity contribution in [3.05, 3.63) is 100 Å². The third kappa shape index (κ3) is 4.25. The summed E-state index contributed by atoms with van der Waals surface area (Å²) >= 11 is 0. The van der Waals surface area contributed by atoms with Crippen LogP contribution in [0.3, 0.4) is 0 Å². The van der Waals surface area contributed by atoms with Gasteiger partial charge in [-0.05, 0) is 40.6 Å². The third-order valence-corrected chi connectivity index (χ3v) is 4.60. The number of nitrogens with zero attached hydrogens (tertiary/aromatic N) is 2. The maximum Gasteiger partial charge on any atom is 0.269 e. The first-order valence-corrected chi connectivity index (χ1v) is 9.23. The van der Waals surface area contributed by atoms with Crippen LogP contribution in [0.1, 0.15) is 11.3 Å². The number of amides is 1. The number of nitro groups is 1. The molecule has 0 unspecified atom stereocenters. The van der Waals surface area contributed by atoms with Crippen LogP contribution in [0.5, 0.6) is 0 Å². The number of hydrogen-bond donors (Lipinski definition) is 1. The number of nitro benzene ring substituents is 1. The van der Waals surface area contributed by atoms with E-state index in [1.807, 2.05) is 42.5 Å². The zero-order chi connectivity index (χ0) is 20.9. The van der Waals surface area contributed by atoms with E-state index >= 15 is 0 Å². The first kappa shape index (κ1) is 19.1. The van der Waals surface area contributed by atoms with E-state index < -0.39 is 4.92 Å². The fourth-order valence-corrected chi connectivity index (χ4v) is 3.15. The highest BCUT2D eigenvalue weighted by atomic mass is 16.6. The Balaban J connectivity index is 1.39. The highest BCUT2D eigenvalue weighted by Crippen LogP contribution is 2.24. The molecule has 7 nitrogen and oxygen atoms in total. The number of carbonyl (C=O) groups is 1. The number of nitrogens with one attached hydrogen (secondary N) is 1. The number of benzene rings is 3. The van der Waals surface area contributed by atoms with Crippen molar-refractivity contribution in [1.29, 1.82) is 0 Å². The van der Waals surface area contributed by atoms with Gasteiger partial charge in [-0.2, -0.15) is 5.10 Å². The Bertz CT molecular complexity index is 1240. The number of furan rings is 1. The van der Waals surface area contributed by atoms with Crippen molar-refractivity contribution in [2.75, 3.05) is 0 Å². The second kappa shape index (κ2) is 8.40. The Morgan fingerprint density at radius 3 is 2.57 bits per heavy atom. The molecule has 0 atom stereocenters. The van der Waals surface area contributed by atoms with E-state index in [0.29, 0.717) is 17.1 Å². The molecule has 7 heteroatoms. The summed E-state index contributed by atoms with van der Waals surface area (Å²) in [5.74, 6) is 0.770. The van der Waals surface area contributed by atoms with Crippen molar-refractivity contribution < 1.29 is 14.1 Å². The molecule has 0 saturated heterocycles. The van der Waals surface area contributed by atoms with Crippen LogP contribution in [-0.4, -0.2) is 17.0 Å². The smallest absolute Gasteiger partial charge is 0.269 e. The molecule has 0 aliphatic carbocycles. The van der Waals surface area contributed by atoms with E-state index in [-0.39, 0.29) is 18.0 Å². The van der Waals surface area contributed by atoms with Gasteiger partial charge in [0.05, 0.1) is 17.6 Å². The molecule has 30 heavy (non-hydrogen) atoms. The molecule has 0 fully saturated rings. The molecule has 0 spiro atoms. The summed E-state index contributed by atoms with van der Waals surface area (Å²) in [6, 6.07) is 23.3. The number of fused-ring (bicyclic) bond motifs is 1. The fraction of sp³-hybridized carbons (Fsp3) is 0.0435. The van der Waals surface area contributed by atoms with Gasteiger partial charge in [-0.1, -0.05) is 42.5 Å². The summed E-state index contributed by atoms with van der Waals surface area (Å²) < 4.78 is 5.66. The summed E-state index contributed by atoms with van der Waals surface area (Å²) in [5, 5.41) is 16.8. The van der Waals surface area contributed by atoms with Gasteiger partial charge < -0.3 is 4.42 Å². The lowest BCUT2D eigenvalue weighted by molar-refractivity contribution is -0.384. The molecule has 4 aromatic rings. The van der Waals surface area contributed by atoms with Crippen LogP contribution in [0.4, 0.5) is 5.69 Å². The Morgan fingerprint density at radius 1 is 1.00 bits per heavy atom. The van der Waals surface area contributed by atoms with Crippen LogP contribution >= 0.6 is 0 Å². The molecular weight excluding hydrogens is 382 g/mol. The van der Waals surface area contributed by atoms with Crippen LogP contribution in [0, 0.1) is 10.1 Å². The summed E-state index contributed by atoms with van der Waals surface area (Å²) in [7, 11) is 0. The molecule has 1 N–H and O–H groups in total. The van der Waals surface area contributed by atoms with E-state index in [4.69, 9.17) is 4.42 Å². The predicted molar refractivity (Wildman–Crippen MR) is 114 cm³/mol. The second-order valence-electron chi connectivity index (χ2n) is 6.61. The van der Waals surface area contributed by atoms with Gasteiger partial charge in [0, 0.05) is 17.7 Å². The first-order valence-electron chi connectivity index (χ1n) is 9.23. The average molecular weight is 399 g/mol. The highest BCUT2D eigenvalue weighted by molar-refractivity contribution is 5.90. The lowest BCUT2D eigenvalue weighted by atomic mass is 10.0. The zero-order valence-electron chi connectivity index (χ0n) is 15.8.